The summed E-state index contributed by atoms with van der Waals surface area (Å²) in [6.07, 6.45) is 3.63. The van der Waals surface area contributed by atoms with Crippen LogP contribution in [0.2, 0.25) is 0 Å². The lowest BCUT2D eigenvalue weighted by atomic mass is 10.1. The normalized spacial score (nSPS) is 11.6. The van der Waals surface area contributed by atoms with Crippen molar-refractivity contribution in [2.45, 2.75) is 34.6 Å². The number of hydrogen-bond acceptors (Lipinski definition) is 1. The molecule has 92 valence electrons. The van der Waals surface area contributed by atoms with E-state index in [1.807, 2.05) is 33.9 Å². The van der Waals surface area contributed by atoms with Crippen molar-refractivity contribution in [3.8, 4) is 0 Å². The van der Waals surface area contributed by atoms with Gasteiger partial charge in [-0.1, -0.05) is 56.3 Å². The van der Waals surface area contributed by atoms with Gasteiger partial charge in [0.25, 0.3) is 0 Å². The van der Waals surface area contributed by atoms with Gasteiger partial charge in [-0.3, -0.25) is 4.99 Å². The maximum Gasteiger partial charge on any atom is 0.0445 e. The minimum absolute atomic E-state index is 1.02. The van der Waals surface area contributed by atoms with E-state index in [4.69, 9.17) is 0 Å². The van der Waals surface area contributed by atoms with Crippen molar-refractivity contribution in [2.75, 3.05) is 0 Å². The van der Waals surface area contributed by atoms with Crippen LogP contribution in [0.25, 0.3) is 0 Å². The number of nitrogens with zero attached hydrogens (tertiary/aromatic N) is 1. The Morgan fingerprint density at radius 2 is 1.65 bits per heavy atom. The molecule has 0 aromatic heterocycles. The molecule has 0 aliphatic carbocycles. The molecule has 17 heavy (non-hydrogen) atoms. The molecular formula is C16H23N. The third-order valence-electron chi connectivity index (χ3n) is 2.25. The van der Waals surface area contributed by atoms with Crippen LogP contribution in [0.1, 0.15) is 38.8 Å². The first-order chi connectivity index (χ1) is 8.13. The second kappa shape index (κ2) is 8.51. The smallest absolute Gasteiger partial charge is 0.0445 e. The van der Waals surface area contributed by atoms with E-state index in [0.717, 1.165) is 16.8 Å². The molecule has 0 fully saturated rings. The Bertz CT molecular complexity index is 394. The summed E-state index contributed by atoms with van der Waals surface area (Å²) in [5, 5.41) is 0. The lowest BCUT2D eigenvalue weighted by molar-refractivity contribution is 1.40. The highest BCUT2D eigenvalue weighted by atomic mass is 14.7. The van der Waals surface area contributed by atoms with Crippen LogP contribution in [0.5, 0.6) is 0 Å². The number of allylic oxidation sites excluding steroid dienone is 2. The van der Waals surface area contributed by atoms with Gasteiger partial charge >= 0.3 is 0 Å². The zero-order valence-corrected chi connectivity index (χ0v) is 11.6. The predicted molar refractivity (Wildman–Crippen MR) is 78.7 cm³/mol. The van der Waals surface area contributed by atoms with E-state index in [1.54, 1.807) is 6.08 Å². The third-order valence-corrected chi connectivity index (χ3v) is 2.25. The van der Waals surface area contributed by atoms with Gasteiger partial charge in [-0.05, 0) is 31.9 Å². The van der Waals surface area contributed by atoms with Crippen LogP contribution < -0.4 is 0 Å². The van der Waals surface area contributed by atoms with Gasteiger partial charge < -0.3 is 0 Å². The summed E-state index contributed by atoms with van der Waals surface area (Å²) in [4.78, 5) is 4.38. The Kier molecular flexibility index (Phi) is 7.70. The molecule has 1 aromatic carbocycles. The fourth-order valence-electron chi connectivity index (χ4n) is 1.12. The molecule has 0 spiro atoms. The fraction of sp³-hybridized carbons (Fsp3) is 0.312. The van der Waals surface area contributed by atoms with Crippen LogP contribution in [0.3, 0.4) is 0 Å². The highest BCUT2D eigenvalue weighted by molar-refractivity contribution is 5.99. The van der Waals surface area contributed by atoms with Gasteiger partial charge in [0.1, 0.15) is 0 Å². The third kappa shape index (κ3) is 5.86. The molecule has 1 aromatic rings. The first-order valence-corrected chi connectivity index (χ1v) is 6.04. The highest BCUT2D eigenvalue weighted by Gasteiger charge is 1.94. The average Bonchev–Trinajstić information content (AvgIpc) is 2.38. The monoisotopic (exact) mass is 229 g/mol. The molecule has 1 nitrogen and oxygen atoms in total. The lowest BCUT2D eigenvalue weighted by Crippen LogP contribution is -1.93. The van der Waals surface area contributed by atoms with E-state index >= 15 is 0 Å². The van der Waals surface area contributed by atoms with Crippen molar-refractivity contribution in [2.24, 2.45) is 4.99 Å². The molecule has 0 radical (unpaired) electrons. The summed E-state index contributed by atoms with van der Waals surface area (Å²) >= 11 is 0. The molecular weight excluding hydrogens is 206 g/mol. The van der Waals surface area contributed by atoms with Gasteiger partial charge in [-0.15, -0.1) is 0 Å². The predicted octanol–water partition coefficient (Wildman–Crippen LogP) is 4.92. The zero-order valence-electron chi connectivity index (χ0n) is 11.6. The number of benzene rings is 1. The summed E-state index contributed by atoms with van der Waals surface area (Å²) in [5.41, 5.74) is 4.52. The van der Waals surface area contributed by atoms with E-state index in [0.29, 0.717) is 0 Å². The van der Waals surface area contributed by atoms with Crippen LogP contribution in [0, 0.1) is 6.92 Å². The summed E-state index contributed by atoms with van der Waals surface area (Å²) < 4.78 is 0. The Morgan fingerprint density at radius 3 is 2.12 bits per heavy atom. The Morgan fingerprint density at radius 1 is 1.12 bits per heavy atom. The molecule has 0 heterocycles. The minimum atomic E-state index is 1.02. The van der Waals surface area contributed by atoms with Crippen molar-refractivity contribution >= 4 is 5.71 Å². The van der Waals surface area contributed by atoms with Gasteiger partial charge in [-0.2, -0.15) is 0 Å². The number of hydrogen-bond donors (Lipinski definition) is 0. The Labute approximate surface area is 106 Å². The molecule has 0 bridgehead atoms. The van der Waals surface area contributed by atoms with Crippen molar-refractivity contribution in [1.82, 2.24) is 0 Å². The molecule has 0 aliphatic rings. The Balaban J connectivity index is 0.00000121. The van der Waals surface area contributed by atoms with E-state index in [1.165, 1.54) is 5.56 Å². The van der Waals surface area contributed by atoms with Gasteiger partial charge in [0.2, 0.25) is 0 Å². The zero-order chi connectivity index (χ0) is 13.3. The quantitative estimate of drug-likeness (QED) is 0.515. The molecule has 0 saturated heterocycles. The summed E-state index contributed by atoms with van der Waals surface area (Å²) in [6, 6.07) is 8.37. The highest BCUT2D eigenvalue weighted by Crippen LogP contribution is 2.05. The molecule has 0 amide bonds. The molecule has 0 atom stereocenters. The van der Waals surface area contributed by atoms with Crippen LogP contribution in [0.4, 0.5) is 0 Å². The van der Waals surface area contributed by atoms with E-state index in [-0.39, 0.29) is 0 Å². The van der Waals surface area contributed by atoms with Crippen molar-refractivity contribution in [1.29, 1.82) is 0 Å². The Hall–Kier alpha value is -1.63. The van der Waals surface area contributed by atoms with Gasteiger partial charge in [-0.25, -0.2) is 0 Å². The molecule has 0 aliphatic heterocycles. The molecule has 0 N–H and O–H groups in total. The average molecular weight is 229 g/mol. The van der Waals surface area contributed by atoms with E-state index in [9.17, 15) is 0 Å². The second-order valence-corrected chi connectivity index (χ2v) is 3.66. The summed E-state index contributed by atoms with van der Waals surface area (Å²) in [5.74, 6) is 0. The number of rotatable bonds is 3. The molecule has 1 heteroatoms. The first-order valence-electron chi connectivity index (χ1n) is 6.04. The van der Waals surface area contributed by atoms with Gasteiger partial charge in [0, 0.05) is 11.9 Å². The maximum atomic E-state index is 4.38. The van der Waals surface area contributed by atoms with Crippen molar-refractivity contribution in [3.63, 3.8) is 0 Å². The van der Waals surface area contributed by atoms with Gasteiger partial charge in [0.05, 0.1) is 0 Å². The lowest BCUT2D eigenvalue weighted by Gasteiger charge is -1.99. The van der Waals surface area contributed by atoms with Crippen molar-refractivity contribution < 1.29 is 0 Å². The van der Waals surface area contributed by atoms with E-state index < -0.39 is 0 Å². The van der Waals surface area contributed by atoms with Crippen molar-refractivity contribution in [3.05, 3.63) is 59.8 Å². The molecule has 1 rings (SSSR count). The largest absolute Gasteiger partial charge is 0.261 e. The SMILES string of the molecule is C=C/C(C)=C\N=C(C)c1ccc(C)cc1.CC. The minimum Gasteiger partial charge on any atom is -0.261 e. The number of aliphatic imine (C=N–C) groups is 1. The first kappa shape index (κ1) is 15.4. The fourth-order valence-corrected chi connectivity index (χ4v) is 1.12. The van der Waals surface area contributed by atoms with E-state index in [2.05, 4.69) is 42.8 Å². The molecule has 0 unspecified atom stereocenters. The summed E-state index contributed by atoms with van der Waals surface area (Å²) in [7, 11) is 0. The summed E-state index contributed by atoms with van der Waals surface area (Å²) in [6.45, 7) is 13.8. The van der Waals surface area contributed by atoms with Crippen LogP contribution >= 0.6 is 0 Å². The maximum absolute atomic E-state index is 4.38. The van der Waals surface area contributed by atoms with Gasteiger partial charge in [0.15, 0.2) is 0 Å². The topological polar surface area (TPSA) is 12.4 Å². The molecule has 0 saturated carbocycles. The second-order valence-electron chi connectivity index (χ2n) is 3.66. The standard InChI is InChI=1S/C14H17N.C2H6/c1-5-11(2)10-15-13(4)14-8-6-12(3)7-9-14;1-2/h5-10H,1H2,2-4H3;1-2H3/b11-10-,15-13?;. The van der Waals surface area contributed by atoms with Crippen LogP contribution in [-0.2, 0) is 0 Å². The van der Waals surface area contributed by atoms with Crippen LogP contribution in [-0.4, -0.2) is 5.71 Å². The number of aryl methyl sites for hydroxylation is 1. The van der Waals surface area contributed by atoms with Crippen LogP contribution in [0.15, 0.2) is 53.7 Å².